The van der Waals surface area contributed by atoms with Crippen LogP contribution in [0.2, 0.25) is 0 Å². The van der Waals surface area contributed by atoms with Crippen LogP contribution < -0.4 is 10.1 Å². The summed E-state index contributed by atoms with van der Waals surface area (Å²) in [6.07, 6.45) is -0.437. The van der Waals surface area contributed by atoms with Crippen LogP contribution in [0.25, 0.3) is 0 Å². The van der Waals surface area contributed by atoms with Gasteiger partial charge in [-0.05, 0) is 29.8 Å². The first-order chi connectivity index (χ1) is 9.13. The van der Waals surface area contributed by atoms with Crippen molar-refractivity contribution in [2.75, 3.05) is 11.9 Å². The van der Waals surface area contributed by atoms with Crippen LogP contribution in [0.4, 0.5) is 18.9 Å². The second kappa shape index (κ2) is 4.50. The summed E-state index contributed by atoms with van der Waals surface area (Å²) in [6.45, 7) is 0.363. The first-order valence-corrected chi connectivity index (χ1v) is 5.78. The van der Waals surface area contributed by atoms with E-state index in [1.807, 2.05) is 0 Å². The largest absolute Gasteiger partial charge is 0.482 e. The minimum absolute atomic E-state index is 0.360. The van der Waals surface area contributed by atoms with Crippen molar-refractivity contribution >= 4 is 5.69 Å². The molecular formula is C14H10F3NO. The highest BCUT2D eigenvalue weighted by Gasteiger charge is 2.22. The van der Waals surface area contributed by atoms with Gasteiger partial charge >= 0.3 is 0 Å². The molecule has 19 heavy (non-hydrogen) atoms. The molecule has 1 aliphatic rings. The van der Waals surface area contributed by atoms with E-state index in [9.17, 15) is 13.2 Å². The fourth-order valence-electron chi connectivity index (χ4n) is 2.04. The molecule has 0 aliphatic carbocycles. The van der Waals surface area contributed by atoms with Crippen LogP contribution in [-0.4, -0.2) is 6.54 Å². The Morgan fingerprint density at radius 2 is 1.84 bits per heavy atom. The summed E-state index contributed by atoms with van der Waals surface area (Å²) in [4.78, 5) is 0. The third-order valence-electron chi connectivity index (χ3n) is 3.00. The Morgan fingerprint density at radius 1 is 1.00 bits per heavy atom. The Labute approximate surface area is 107 Å². The van der Waals surface area contributed by atoms with Gasteiger partial charge in [0.25, 0.3) is 0 Å². The highest BCUT2D eigenvalue weighted by atomic mass is 19.2. The van der Waals surface area contributed by atoms with Crippen LogP contribution >= 0.6 is 0 Å². The van der Waals surface area contributed by atoms with Gasteiger partial charge in [0, 0.05) is 6.07 Å². The molecule has 1 aliphatic heterocycles. The van der Waals surface area contributed by atoms with Crippen LogP contribution in [0.15, 0.2) is 36.4 Å². The van der Waals surface area contributed by atoms with Gasteiger partial charge in [0.15, 0.2) is 11.6 Å². The van der Waals surface area contributed by atoms with Gasteiger partial charge in [-0.3, -0.25) is 0 Å². The highest BCUT2D eigenvalue weighted by molar-refractivity contribution is 5.58. The SMILES string of the molecule is Fc1ccc2c(c1)NCC(c1ccc(F)c(F)c1)O2. The van der Waals surface area contributed by atoms with Crippen molar-refractivity contribution in [2.45, 2.75) is 6.10 Å². The third-order valence-corrected chi connectivity index (χ3v) is 3.00. The predicted molar refractivity (Wildman–Crippen MR) is 64.6 cm³/mol. The van der Waals surface area contributed by atoms with E-state index in [0.717, 1.165) is 12.1 Å². The summed E-state index contributed by atoms with van der Waals surface area (Å²) in [5, 5.41) is 3.00. The van der Waals surface area contributed by atoms with E-state index in [0.29, 0.717) is 23.5 Å². The zero-order chi connectivity index (χ0) is 13.4. The molecule has 3 rings (SSSR count). The van der Waals surface area contributed by atoms with Crippen molar-refractivity contribution in [3.05, 3.63) is 59.4 Å². The number of hydrogen-bond donors (Lipinski definition) is 1. The maximum atomic E-state index is 13.2. The summed E-state index contributed by atoms with van der Waals surface area (Å²) >= 11 is 0. The number of halogens is 3. The van der Waals surface area contributed by atoms with E-state index < -0.39 is 17.7 Å². The molecule has 1 heterocycles. The standard InChI is InChI=1S/C14H10F3NO/c15-9-2-4-13-12(6-9)18-7-14(19-13)8-1-3-10(16)11(17)5-8/h1-6,14,18H,7H2. The summed E-state index contributed by atoms with van der Waals surface area (Å²) in [6, 6.07) is 7.76. The average Bonchev–Trinajstić information content (AvgIpc) is 2.41. The number of anilines is 1. The minimum atomic E-state index is -0.911. The molecule has 1 N–H and O–H groups in total. The van der Waals surface area contributed by atoms with E-state index >= 15 is 0 Å². The molecule has 0 amide bonds. The quantitative estimate of drug-likeness (QED) is 0.849. The zero-order valence-corrected chi connectivity index (χ0v) is 9.79. The summed E-state index contributed by atoms with van der Waals surface area (Å²) in [5.41, 5.74) is 1.08. The monoisotopic (exact) mass is 265 g/mol. The molecule has 2 nitrogen and oxygen atoms in total. The molecule has 0 saturated carbocycles. The number of nitrogens with one attached hydrogen (secondary N) is 1. The molecular weight excluding hydrogens is 255 g/mol. The molecule has 1 unspecified atom stereocenters. The van der Waals surface area contributed by atoms with Crippen molar-refractivity contribution in [1.82, 2.24) is 0 Å². The topological polar surface area (TPSA) is 21.3 Å². The van der Waals surface area contributed by atoms with Crippen molar-refractivity contribution in [3.8, 4) is 5.75 Å². The lowest BCUT2D eigenvalue weighted by Crippen LogP contribution is -2.23. The molecule has 5 heteroatoms. The molecule has 0 bridgehead atoms. The predicted octanol–water partition coefficient (Wildman–Crippen LogP) is 3.65. The van der Waals surface area contributed by atoms with Crippen molar-refractivity contribution in [2.24, 2.45) is 0 Å². The van der Waals surface area contributed by atoms with Gasteiger partial charge in [0.1, 0.15) is 17.7 Å². The molecule has 1 atom stereocenters. The molecule has 98 valence electrons. The van der Waals surface area contributed by atoms with Crippen LogP contribution in [-0.2, 0) is 0 Å². The number of hydrogen-bond acceptors (Lipinski definition) is 2. The van der Waals surface area contributed by atoms with Gasteiger partial charge in [-0.2, -0.15) is 0 Å². The van der Waals surface area contributed by atoms with Crippen LogP contribution in [0.1, 0.15) is 11.7 Å². The third kappa shape index (κ3) is 2.23. The van der Waals surface area contributed by atoms with Gasteiger partial charge in [-0.25, -0.2) is 13.2 Å². The molecule has 0 spiro atoms. The van der Waals surface area contributed by atoms with Crippen LogP contribution in [0.5, 0.6) is 5.75 Å². The van der Waals surface area contributed by atoms with Gasteiger partial charge in [-0.1, -0.05) is 6.07 Å². The Morgan fingerprint density at radius 3 is 2.63 bits per heavy atom. The smallest absolute Gasteiger partial charge is 0.159 e. The number of benzene rings is 2. The summed E-state index contributed by atoms with van der Waals surface area (Å²) in [5.74, 6) is -1.68. The molecule has 0 saturated heterocycles. The number of ether oxygens (including phenoxy) is 1. The Kier molecular flexibility index (Phi) is 2.81. The lowest BCUT2D eigenvalue weighted by atomic mass is 10.1. The van der Waals surface area contributed by atoms with Crippen molar-refractivity contribution in [1.29, 1.82) is 0 Å². The van der Waals surface area contributed by atoms with E-state index in [1.165, 1.54) is 24.3 Å². The second-order valence-corrected chi connectivity index (χ2v) is 4.30. The normalized spacial score (nSPS) is 17.3. The first kappa shape index (κ1) is 11.9. The maximum absolute atomic E-state index is 13.2. The number of rotatable bonds is 1. The van der Waals surface area contributed by atoms with Gasteiger partial charge in [0.2, 0.25) is 0 Å². The molecule has 0 fully saturated rings. The first-order valence-electron chi connectivity index (χ1n) is 5.78. The zero-order valence-electron chi connectivity index (χ0n) is 9.79. The molecule has 2 aromatic rings. The van der Waals surface area contributed by atoms with Gasteiger partial charge in [-0.15, -0.1) is 0 Å². The van der Waals surface area contributed by atoms with Gasteiger partial charge < -0.3 is 10.1 Å². The van der Waals surface area contributed by atoms with Crippen molar-refractivity contribution in [3.63, 3.8) is 0 Å². The Bertz CT molecular complexity index is 630. The number of fused-ring (bicyclic) bond motifs is 1. The summed E-state index contributed by atoms with van der Waals surface area (Å²) in [7, 11) is 0. The average molecular weight is 265 g/mol. The Hall–Kier alpha value is -2.17. The maximum Gasteiger partial charge on any atom is 0.159 e. The van der Waals surface area contributed by atoms with Crippen LogP contribution in [0.3, 0.4) is 0 Å². The second-order valence-electron chi connectivity index (χ2n) is 4.30. The van der Waals surface area contributed by atoms with E-state index in [2.05, 4.69) is 5.32 Å². The van der Waals surface area contributed by atoms with Crippen molar-refractivity contribution < 1.29 is 17.9 Å². The molecule has 0 radical (unpaired) electrons. The molecule has 0 aromatic heterocycles. The minimum Gasteiger partial charge on any atom is -0.482 e. The van der Waals surface area contributed by atoms with E-state index in [-0.39, 0.29) is 5.82 Å². The highest BCUT2D eigenvalue weighted by Crippen LogP contribution is 2.34. The van der Waals surface area contributed by atoms with Gasteiger partial charge in [0.05, 0.1) is 12.2 Å². The van der Waals surface area contributed by atoms with E-state index in [1.54, 1.807) is 0 Å². The Balaban J connectivity index is 1.89. The lowest BCUT2D eigenvalue weighted by Gasteiger charge is -2.27. The van der Waals surface area contributed by atoms with Crippen LogP contribution in [0, 0.1) is 17.5 Å². The van der Waals surface area contributed by atoms with E-state index in [4.69, 9.17) is 4.74 Å². The lowest BCUT2D eigenvalue weighted by molar-refractivity contribution is 0.209. The fraction of sp³-hybridized carbons (Fsp3) is 0.143. The fourth-order valence-corrected chi connectivity index (χ4v) is 2.04. The summed E-state index contributed by atoms with van der Waals surface area (Å²) < 4.78 is 44.7. The molecule has 2 aromatic carbocycles.